The third kappa shape index (κ3) is 10.8. The van der Waals surface area contributed by atoms with Crippen molar-refractivity contribution >= 4 is 26.1 Å². The molecule has 1 aliphatic heterocycles. The summed E-state index contributed by atoms with van der Waals surface area (Å²) in [4.78, 5) is 13.7. The quantitative estimate of drug-likeness (QED) is 0.222. The van der Waals surface area contributed by atoms with Gasteiger partial charge in [-0.05, 0) is 22.6 Å². The van der Waals surface area contributed by atoms with Crippen molar-refractivity contribution in [1.82, 2.24) is 14.9 Å². The Labute approximate surface area is 260 Å². The predicted octanol–water partition coefficient (Wildman–Crippen LogP) is 4.28. The first-order valence-electron chi connectivity index (χ1n) is 14.0. The molecule has 1 saturated heterocycles. The minimum atomic E-state index is -3.67. The molecule has 1 fully saturated rings. The summed E-state index contributed by atoms with van der Waals surface area (Å²) in [5, 5.41) is 0. The topological polar surface area (TPSA) is 141 Å². The van der Waals surface area contributed by atoms with Crippen LogP contribution in [0.4, 0.5) is 5.82 Å². The summed E-state index contributed by atoms with van der Waals surface area (Å²) in [7, 11) is -7.33. The Kier molecular flexibility index (Phi) is 12.6. The molecule has 10 nitrogen and oxygen atoms in total. The summed E-state index contributed by atoms with van der Waals surface area (Å²) in [6, 6.07) is 33.1. The molecule has 0 aliphatic carbocycles. The van der Waals surface area contributed by atoms with Gasteiger partial charge < -0.3 is 4.90 Å². The van der Waals surface area contributed by atoms with E-state index in [1.54, 1.807) is 12.4 Å². The lowest BCUT2D eigenvalue weighted by atomic mass is 9.62. The fourth-order valence-electron chi connectivity index (χ4n) is 5.59. The molecule has 5 rings (SSSR count). The minimum absolute atomic E-state index is 0.230. The molecule has 1 atom stereocenters. The highest BCUT2D eigenvalue weighted by Gasteiger charge is 2.42. The highest BCUT2D eigenvalue weighted by molar-refractivity contribution is 7.85. The second kappa shape index (κ2) is 15.9. The van der Waals surface area contributed by atoms with Gasteiger partial charge in [-0.3, -0.25) is 19.0 Å². The zero-order valence-corrected chi connectivity index (χ0v) is 26.8. The van der Waals surface area contributed by atoms with Gasteiger partial charge in [-0.15, -0.1) is 0 Å². The highest BCUT2D eigenvalue weighted by atomic mass is 32.2. The summed E-state index contributed by atoms with van der Waals surface area (Å²) < 4.78 is 51.7. The van der Waals surface area contributed by atoms with Crippen molar-refractivity contribution in [3.05, 3.63) is 126 Å². The Hall–Kier alpha value is -3.68. The smallest absolute Gasteiger partial charge is 0.261 e. The second-order valence-corrected chi connectivity index (χ2v) is 13.6. The average molecular weight is 641 g/mol. The Morgan fingerprint density at radius 1 is 0.705 bits per heavy atom. The normalized spacial score (nSPS) is 14.8. The lowest BCUT2D eigenvalue weighted by molar-refractivity contribution is 0.198. The van der Waals surface area contributed by atoms with Gasteiger partial charge in [0.2, 0.25) is 0 Å². The largest absolute Gasteiger partial charge is 0.353 e. The Balaban J connectivity index is 0.000000461. The van der Waals surface area contributed by atoms with E-state index in [1.165, 1.54) is 16.7 Å². The van der Waals surface area contributed by atoms with Crippen LogP contribution in [0.1, 0.15) is 23.6 Å². The van der Waals surface area contributed by atoms with E-state index in [2.05, 4.69) is 118 Å². The molecule has 0 saturated carbocycles. The summed E-state index contributed by atoms with van der Waals surface area (Å²) in [6.45, 7) is 7.43. The van der Waals surface area contributed by atoms with Crippen molar-refractivity contribution in [2.24, 2.45) is 5.92 Å². The van der Waals surface area contributed by atoms with Crippen molar-refractivity contribution in [2.75, 3.05) is 50.1 Å². The van der Waals surface area contributed by atoms with E-state index in [-0.39, 0.29) is 5.41 Å². The third-order valence-electron chi connectivity index (χ3n) is 7.20. The van der Waals surface area contributed by atoms with Gasteiger partial charge in [-0.2, -0.15) is 16.8 Å². The van der Waals surface area contributed by atoms with Crippen LogP contribution in [0.15, 0.2) is 110 Å². The van der Waals surface area contributed by atoms with E-state index in [0.717, 1.165) is 38.5 Å². The molecule has 12 heteroatoms. The van der Waals surface area contributed by atoms with Crippen LogP contribution >= 0.6 is 0 Å². The van der Waals surface area contributed by atoms with E-state index < -0.39 is 20.2 Å². The highest BCUT2D eigenvalue weighted by Crippen LogP contribution is 2.45. The second-order valence-electron chi connectivity index (χ2n) is 10.6. The number of nitrogens with zero attached hydrogens (tertiary/aromatic N) is 4. The maximum atomic E-state index is 9.19. The van der Waals surface area contributed by atoms with E-state index in [0.29, 0.717) is 18.4 Å². The maximum Gasteiger partial charge on any atom is 0.261 e. The van der Waals surface area contributed by atoms with Gasteiger partial charge >= 0.3 is 0 Å². The Morgan fingerprint density at radius 2 is 1.09 bits per heavy atom. The fraction of sp³-hybridized carbons (Fsp3) is 0.312. The molecule has 44 heavy (non-hydrogen) atoms. The molecule has 1 unspecified atom stereocenters. The summed E-state index contributed by atoms with van der Waals surface area (Å²) in [5.74, 6) is 1.34. The Morgan fingerprint density at radius 3 is 1.43 bits per heavy atom. The van der Waals surface area contributed by atoms with Crippen LogP contribution in [0.3, 0.4) is 0 Å². The zero-order chi connectivity index (χ0) is 32.2. The maximum absolute atomic E-state index is 9.19. The van der Waals surface area contributed by atoms with Crippen LogP contribution in [0.25, 0.3) is 0 Å². The van der Waals surface area contributed by atoms with Crippen molar-refractivity contribution in [2.45, 2.75) is 12.3 Å². The fourth-order valence-corrected chi connectivity index (χ4v) is 5.59. The molecular formula is C32H40N4O6S2. The number of hydrogen-bond donors (Lipinski definition) is 2. The molecule has 0 bridgehead atoms. The third-order valence-corrected chi connectivity index (χ3v) is 7.20. The van der Waals surface area contributed by atoms with Gasteiger partial charge in [0.25, 0.3) is 20.2 Å². The molecule has 0 radical (unpaired) electrons. The average Bonchev–Trinajstić information content (AvgIpc) is 2.98. The number of anilines is 1. The number of benzene rings is 3. The van der Waals surface area contributed by atoms with Crippen LogP contribution in [-0.4, -0.2) is 86.0 Å². The van der Waals surface area contributed by atoms with E-state index in [1.807, 2.05) is 6.20 Å². The molecule has 2 heterocycles. The zero-order valence-electron chi connectivity index (χ0n) is 25.1. The molecule has 0 spiro atoms. The van der Waals surface area contributed by atoms with Crippen molar-refractivity contribution < 1.29 is 25.9 Å². The monoisotopic (exact) mass is 640 g/mol. The molecule has 0 amide bonds. The van der Waals surface area contributed by atoms with Crippen molar-refractivity contribution in [3.8, 4) is 0 Å². The van der Waals surface area contributed by atoms with Crippen LogP contribution in [-0.2, 0) is 25.7 Å². The van der Waals surface area contributed by atoms with Gasteiger partial charge in [-0.25, -0.2) is 4.98 Å². The first-order chi connectivity index (χ1) is 20.8. The SMILES string of the molecule is CC(CN1CCN(c2cnccn2)CC1)C(c1ccccc1)(c1ccccc1)c1ccccc1.CS(=O)(=O)O.CS(=O)(=O)O. The Bertz CT molecular complexity index is 1480. The molecule has 2 N–H and O–H groups in total. The van der Waals surface area contributed by atoms with Crippen LogP contribution in [0, 0.1) is 5.92 Å². The summed E-state index contributed by atoms with van der Waals surface area (Å²) in [6.07, 6.45) is 6.80. The lowest BCUT2D eigenvalue weighted by Crippen LogP contribution is -2.50. The van der Waals surface area contributed by atoms with Gasteiger partial charge in [0.15, 0.2) is 0 Å². The van der Waals surface area contributed by atoms with Gasteiger partial charge in [0, 0.05) is 50.5 Å². The number of piperazine rings is 1. The van der Waals surface area contributed by atoms with Gasteiger partial charge in [0.05, 0.1) is 18.7 Å². The lowest BCUT2D eigenvalue weighted by Gasteiger charge is -2.44. The molecule has 1 aliphatic rings. The number of aromatic nitrogens is 2. The van der Waals surface area contributed by atoms with Crippen LogP contribution < -0.4 is 4.90 Å². The van der Waals surface area contributed by atoms with Gasteiger partial charge in [-0.1, -0.05) is 97.9 Å². The molecule has 4 aromatic rings. The molecule has 236 valence electrons. The van der Waals surface area contributed by atoms with Crippen molar-refractivity contribution in [1.29, 1.82) is 0 Å². The summed E-state index contributed by atoms with van der Waals surface area (Å²) in [5.41, 5.74) is 3.81. The van der Waals surface area contributed by atoms with Crippen LogP contribution in [0.2, 0.25) is 0 Å². The minimum Gasteiger partial charge on any atom is -0.353 e. The molecule has 1 aromatic heterocycles. The van der Waals surface area contributed by atoms with Crippen LogP contribution in [0.5, 0.6) is 0 Å². The number of hydrogen-bond acceptors (Lipinski definition) is 8. The van der Waals surface area contributed by atoms with Crippen molar-refractivity contribution in [3.63, 3.8) is 0 Å². The number of rotatable bonds is 7. The molecule has 3 aromatic carbocycles. The van der Waals surface area contributed by atoms with Gasteiger partial charge in [0.1, 0.15) is 5.82 Å². The van der Waals surface area contributed by atoms with E-state index >= 15 is 0 Å². The van der Waals surface area contributed by atoms with E-state index in [9.17, 15) is 16.8 Å². The first kappa shape index (κ1) is 34.8. The standard InChI is InChI=1S/C30H32N4.2CH4O3S/c1-25(24-33-19-21-34(22-20-33)29-23-31-17-18-32-29)30(26-11-5-2-6-12-26,27-13-7-3-8-14-27)28-15-9-4-10-16-28;2*1-5(2,3)4/h2-18,23,25H,19-22,24H2,1H3;2*1H3,(H,2,3,4). The molecular weight excluding hydrogens is 601 g/mol. The summed E-state index contributed by atoms with van der Waals surface area (Å²) >= 11 is 0. The predicted molar refractivity (Wildman–Crippen MR) is 174 cm³/mol. The first-order valence-corrected chi connectivity index (χ1v) is 17.7. The van der Waals surface area contributed by atoms with E-state index in [4.69, 9.17) is 9.11 Å².